The van der Waals surface area contributed by atoms with E-state index in [9.17, 15) is 0 Å². The van der Waals surface area contributed by atoms with Crippen LogP contribution in [0.4, 0.5) is 0 Å². The molecule has 1 unspecified atom stereocenters. The minimum absolute atomic E-state index is 0.418. The van der Waals surface area contributed by atoms with E-state index in [4.69, 9.17) is 17.3 Å². The summed E-state index contributed by atoms with van der Waals surface area (Å²) < 4.78 is 1.79. The molecule has 0 aliphatic heterocycles. The molecule has 1 aromatic heterocycles. The second-order valence-electron chi connectivity index (χ2n) is 3.14. The molecule has 4 heteroatoms. The summed E-state index contributed by atoms with van der Waals surface area (Å²) in [5.41, 5.74) is 6.51. The van der Waals surface area contributed by atoms with Gasteiger partial charge in [0.15, 0.2) is 0 Å². The van der Waals surface area contributed by atoms with Gasteiger partial charge in [0.25, 0.3) is 0 Å². The molecule has 0 bridgehead atoms. The Morgan fingerprint density at radius 1 is 1.75 bits per heavy atom. The molecule has 12 heavy (non-hydrogen) atoms. The monoisotopic (exact) mass is 187 g/mol. The van der Waals surface area contributed by atoms with Crippen molar-refractivity contribution in [3.05, 3.63) is 16.9 Å². The summed E-state index contributed by atoms with van der Waals surface area (Å²) in [6, 6.07) is 0. The topological polar surface area (TPSA) is 43.8 Å². The van der Waals surface area contributed by atoms with Crippen molar-refractivity contribution in [2.75, 3.05) is 6.54 Å². The van der Waals surface area contributed by atoms with Crippen LogP contribution in [0.15, 0.2) is 6.20 Å². The zero-order valence-corrected chi connectivity index (χ0v) is 8.17. The predicted octanol–water partition coefficient (Wildman–Crippen LogP) is 1.44. The Bertz CT molecular complexity index is 257. The molecule has 0 aliphatic carbocycles. The summed E-state index contributed by atoms with van der Waals surface area (Å²) in [4.78, 5) is 0. The predicted molar refractivity (Wildman–Crippen MR) is 50.2 cm³/mol. The smallest absolute Gasteiger partial charge is 0.129 e. The van der Waals surface area contributed by atoms with Gasteiger partial charge in [-0.15, -0.1) is 0 Å². The summed E-state index contributed by atoms with van der Waals surface area (Å²) in [5, 5.41) is 4.85. The highest BCUT2D eigenvalue weighted by atomic mass is 35.5. The lowest BCUT2D eigenvalue weighted by Gasteiger charge is -2.08. The second kappa shape index (κ2) is 3.92. The highest BCUT2D eigenvalue weighted by Crippen LogP contribution is 2.14. The van der Waals surface area contributed by atoms with Gasteiger partial charge in [-0.1, -0.05) is 18.5 Å². The molecule has 1 rings (SSSR count). The molecule has 0 aliphatic rings. The van der Waals surface area contributed by atoms with E-state index in [0.717, 1.165) is 17.3 Å². The van der Waals surface area contributed by atoms with Crippen LogP contribution in [0.3, 0.4) is 0 Å². The van der Waals surface area contributed by atoms with Crippen molar-refractivity contribution in [3.63, 3.8) is 0 Å². The molecule has 0 radical (unpaired) electrons. The van der Waals surface area contributed by atoms with E-state index in [0.29, 0.717) is 12.5 Å². The molecule has 0 amide bonds. The minimum Gasteiger partial charge on any atom is -0.330 e. The van der Waals surface area contributed by atoms with E-state index in [1.807, 2.05) is 6.92 Å². The maximum absolute atomic E-state index is 5.97. The van der Waals surface area contributed by atoms with Crippen molar-refractivity contribution in [1.82, 2.24) is 9.78 Å². The zero-order chi connectivity index (χ0) is 9.14. The average molecular weight is 188 g/mol. The Labute approximate surface area is 77.5 Å². The van der Waals surface area contributed by atoms with Crippen LogP contribution in [0.25, 0.3) is 0 Å². The fraction of sp³-hybridized carbons (Fsp3) is 0.625. The summed E-state index contributed by atoms with van der Waals surface area (Å²) in [7, 11) is 0. The third-order valence-electron chi connectivity index (χ3n) is 1.83. The maximum Gasteiger partial charge on any atom is 0.129 e. The molecule has 0 saturated heterocycles. The highest BCUT2D eigenvalue weighted by Gasteiger charge is 2.06. The van der Waals surface area contributed by atoms with Gasteiger partial charge < -0.3 is 5.73 Å². The molecule has 3 nitrogen and oxygen atoms in total. The standard InChI is InChI=1S/C8H14ClN3/c1-6(3-10)5-12-8(9)7(2)4-11-12/h4,6H,3,5,10H2,1-2H3. The van der Waals surface area contributed by atoms with Crippen LogP contribution in [0, 0.1) is 12.8 Å². The number of rotatable bonds is 3. The van der Waals surface area contributed by atoms with Crippen LogP contribution < -0.4 is 5.73 Å². The van der Waals surface area contributed by atoms with E-state index < -0.39 is 0 Å². The summed E-state index contributed by atoms with van der Waals surface area (Å²) in [5.74, 6) is 0.418. The number of hydrogen-bond acceptors (Lipinski definition) is 2. The molecule has 1 atom stereocenters. The lowest BCUT2D eigenvalue weighted by molar-refractivity contribution is 0.459. The number of aromatic nitrogens is 2. The molecule has 0 spiro atoms. The maximum atomic E-state index is 5.97. The first-order chi connectivity index (χ1) is 5.65. The van der Waals surface area contributed by atoms with Gasteiger partial charge >= 0.3 is 0 Å². The van der Waals surface area contributed by atoms with Crippen molar-refractivity contribution in [3.8, 4) is 0 Å². The van der Waals surface area contributed by atoms with E-state index >= 15 is 0 Å². The van der Waals surface area contributed by atoms with Crippen LogP contribution in [-0.4, -0.2) is 16.3 Å². The Balaban J connectivity index is 2.69. The third kappa shape index (κ3) is 1.99. The number of halogens is 1. The van der Waals surface area contributed by atoms with Crippen LogP contribution in [0.1, 0.15) is 12.5 Å². The van der Waals surface area contributed by atoms with Crippen LogP contribution in [0.2, 0.25) is 5.15 Å². The Morgan fingerprint density at radius 2 is 2.42 bits per heavy atom. The molecule has 2 N–H and O–H groups in total. The number of aryl methyl sites for hydroxylation is 1. The van der Waals surface area contributed by atoms with Crippen LogP contribution in [0.5, 0.6) is 0 Å². The Kier molecular flexibility index (Phi) is 3.12. The van der Waals surface area contributed by atoms with E-state index in [1.54, 1.807) is 10.9 Å². The third-order valence-corrected chi connectivity index (χ3v) is 2.32. The molecule has 1 aromatic rings. The second-order valence-corrected chi connectivity index (χ2v) is 3.50. The molecule has 0 fully saturated rings. The van der Waals surface area contributed by atoms with Gasteiger partial charge in [-0.2, -0.15) is 5.10 Å². The lowest BCUT2D eigenvalue weighted by Crippen LogP contribution is -2.17. The molecule has 1 heterocycles. The minimum atomic E-state index is 0.418. The number of nitrogens with zero attached hydrogens (tertiary/aromatic N) is 2. The van der Waals surface area contributed by atoms with Gasteiger partial charge in [-0.05, 0) is 19.4 Å². The first kappa shape index (κ1) is 9.55. The summed E-state index contributed by atoms with van der Waals surface area (Å²) >= 11 is 5.97. The largest absolute Gasteiger partial charge is 0.330 e. The molecule has 0 aromatic carbocycles. The van der Waals surface area contributed by atoms with Gasteiger partial charge in [-0.3, -0.25) is 4.68 Å². The van der Waals surface area contributed by atoms with Crippen molar-refractivity contribution >= 4 is 11.6 Å². The normalized spacial score (nSPS) is 13.3. The first-order valence-electron chi connectivity index (χ1n) is 4.03. The molecule has 0 saturated carbocycles. The SMILES string of the molecule is Cc1cnn(CC(C)CN)c1Cl. The van der Waals surface area contributed by atoms with Crippen LogP contribution >= 0.6 is 11.6 Å². The summed E-state index contributed by atoms with van der Waals surface area (Å²) in [6.07, 6.45) is 1.77. The lowest BCUT2D eigenvalue weighted by atomic mass is 10.2. The Morgan fingerprint density at radius 3 is 2.83 bits per heavy atom. The van der Waals surface area contributed by atoms with Crippen molar-refractivity contribution in [2.24, 2.45) is 11.7 Å². The number of nitrogens with two attached hydrogens (primary N) is 1. The fourth-order valence-corrected chi connectivity index (χ4v) is 1.12. The first-order valence-corrected chi connectivity index (χ1v) is 4.41. The Hall–Kier alpha value is -0.540. The van der Waals surface area contributed by atoms with Crippen LogP contribution in [-0.2, 0) is 6.54 Å². The van der Waals surface area contributed by atoms with Gasteiger partial charge in [-0.25, -0.2) is 0 Å². The van der Waals surface area contributed by atoms with Crippen molar-refractivity contribution in [1.29, 1.82) is 0 Å². The molecular weight excluding hydrogens is 174 g/mol. The van der Waals surface area contributed by atoms with Gasteiger partial charge in [0.1, 0.15) is 5.15 Å². The van der Waals surface area contributed by atoms with E-state index in [2.05, 4.69) is 12.0 Å². The van der Waals surface area contributed by atoms with Crippen molar-refractivity contribution in [2.45, 2.75) is 20.4 Å². The van der Waals surface area contributed by atoms with Gasteiger partial charge in [0.05, 0.1) is 6.20 Å². The van der Waals surface area contributed by atoms with Gasteiger partial charge in [0.2, 0.25) is 0 Å². The highest BCUT2D eigenvalue weighted by molar-refractivity contribution is 6.30. The van der Waals surface area contributed by atoms with E-state index in [-0.39, 0.29) is 0 Å². The summed E-state index contributed by atoms with van der Waals surface area (Å²) in [6.45, 7) is 5.48. The average Bonchev–Trinajstić information content (AvgIpc) is 2.36. The fourth-order valence-electron chi connectivity index (χ4n) is 0.961. The van der Waals surface area contributed by atoms with Crippen molar-refractivity contribution < 1.29 is 0 Å². The zero-order valence-electron chi connectivity index (χ0n) is 7.42. The molecule has 68 valence electrons. The van der Waals surface area contributed by atoms with Gasteiger partial charge in [0, 0.05) is 12.1 Å². The van der Waals surface area contributed by atoms with E-state index in [1.165, 1.54) is 0 Å². The quantitative estimate of drug-likeness (QED) is 0.779. The molecular formula is C8H14ClN3. The number of hydrogen-bond donors (Lipinski definition) is 1.